The van der Waals surface area contributed by atoms with Gasteiger partial charge in [-0.05, 0) is 60.7 Å². The largest absolute Gasteiger partial charge is 0.345 e. The molecule has 8 nitrogen and oxygen atoms in total. The van der Waals surface area contributed by atoms with Crippen molar-refractivity contribution in [2.45, 2.75) is 11.4 Å². The van der Waals surface area contributed by atoms with Gasteiger partial charge in [0.15, 0.2) is 10.6 Å². The predicted molar refractivity (Wildman–Crippen MR) is 103 cm³/mol. The zero-order valence-corrected chi connectivity index (χ0v) is 16.3. The maximum atomic E-state index is 12.9. The standard InChI is InChI=1S/C17H16FN5O3S2/c1-23-15(20-21-17(23)27)10-19-16(24)11-2-8-14(9-3-11)28(25,26)22-13-6-4-12(18)5-7-13/h2-9,22H,10H2,1H3,(H,19,24)(H,21,27). The summed E-state index contributed by atoms with van der Waals surface area (Å²) in [5, 5.41) is 9.29. The third-order valence-electron chi connectivity index (χ3n) is 3.90. The van der Waals surface area contributed by atoms with Gasteiger partial charge in [0.1, 0.15) is 5.82 Å². The van der Waals surface area contributed by atoms with Crippen molar-refractivity contribution in [2.75, 3.05) is 4.72 Å². The number of H-pyrrole nitrogens is 1. The Morgan fingerprint density at radius 3 is 2.39 bits per heavy atom. The molecule has 0 aliphatic heterocycles. The lowest BCUT2D eigenvalue weighted by molar-refractivity contribution is 0.0949. The molecule has 1 aromatic heterocycles. The van der Waals surface area contributed by atoms with Crippen molar-refractivity contribution >= 4 is 33.8 Å². The van der Waals surface area contributed by atoms with Gasteiger partial charge in [-0.1, -0.05) is 0 Å². The third kappa shape index (κ3) is 4.43. The topological polar surface area (TPSA) is 109 Å². The highest BCUT2D eigenvalue weighted by Gasteiger charge is 2.15. The van der Waals surface area contributed by atoms with Gasteiger partial charge < -0.3 is 9.88 Å². The number of amides is 1. The van der Waals surface area contributed by atoms with Crippen LogP contribution >= 0.6 is 12.2 Å². The van der Waals surface area contributed by atoms with E-state index in [-0.39, 0.29) is 28.6 Å². The van der Waals surface area contributed by atoms with Crippen molar-refractivity contribution in [2.24, 2.45) is 7.05 Å². The van der Waals surface area contributed by atoms with E-state index in [1.54, 1.807) is 11.6 Å². The van der Waals surface area contributed by atoms with Crippen molar-refractivity contribution in [1.82, 2.24) is 20.1 Å². The smallest absolute Gasteiger partial charge is 0.261 e. The number of nitrogens with one attached hydrogen (secondary N) is 3. The second kappa shape index (κ2) is 7.90. The molecule has 0 radical (unpaired) electrons. The van der Waals surface area contributed by atoms with Gasteiger partial charge in [0, 0.05) is 18.3 Å². The number of rotatable bonds is 6. The van der Waals surface area contributed by atoms with Crippen molar-refractivity contribution in [3.8, 4) is 0 Å². The summed E-state index contributed by atoms with van der Waals surface area (Å²) in [6.45, 7) is 0.161. The molecule has 1 amide bonds. The predicted octanol–water partition coefficient (Wildman–Crippen LogP) is 2.35. The lowest BCUT2D eigenvalue weighted by atomic mass is 10.2. The van der Waals surface area contributed by atoms with E-state index in [4.69, 9.17) is 12.2 Å². The van der Waals surface area contributed by atoms with Gasteiger partial charge in [0.2, 0.25) is 0 Å². The van der Waals surface area contributed by atoms with Crippen LogP contribution in [0.25, 0.3) is 0 Å². The Balaban J connectivity index is 1.68. The Bertz CT molecular complexity index is 1150. The van der Waals surface area contributed by atoms with Crippen LogP contribution in [0.4, 0.5) is 10.1 Å². The summed E-state index contributed by atoms with van der Waals surface area (Å²) >= 11 is 5.00. The van der Waals surface area contributed by atoms with Gasteiger partial charge >= 0.3 is 0 Å². The van der Waals surface area contributed by atoms with Gasteiger partial charge in [-0.2, -0.15) is 5.10 Å². The first kappa shape index (κ1) is 19.7. The van der Waals surface area contributed by atoms with Crippen LogP contribution in [0.5, 0.6) is 0 Å². The van der Waals surface area contributed by atoms with E-state index in [9.17, 15) is 17.6 Å². The average Bonchev–Trinajstić information content (AvgIpc) is 3.00. The Morgan fingerprint density at radius 1 is 1.18 bits per heavy atom. The molecule has 0 unspecified atom stereocenters. The number of carbonyl (C=O) groups excluding carboxylic acids is 1. The molecular formula is C17H16FN5O3S2. The highest BCUT2D eigenvalue weighted by atomic mass is 32.2. The molecule has 1 heterocycles. The molecule has 0 saturated heterocycles. The summed E-state index contributed by atoms with van der Waals surface area (Å²) in [6.07, 6.45) is 0. The lowest BCUT2D eigenvalue weighted by Gasteiger charge is -2.09. The van der Waals surface area contributed by atoms with Crippen molar-refractivity contribution in [1.29, 1.82) is 0 Å². The molecular weight excluding hydrogens is 405 g/mol. The first-order valence-electron chi connectivity index (χ1n) is 8.03. The number of sulfonamides is 1. The van der Waals surface area contributed by atoms with Crippen LogP contribution in [-0.2, 0) is 23.6 Å². The molecule has 0 atom stereocenters. The minimum atomic E-state index is -3.86. The summed E-state index contributed by atoms with van der Waals surface area (Å²) < 4.78 is 42.1. The molecule has 0 bridgehead atoms. The van der Waals surface area contributed by atoms with Crippen LogP contribution in [0.15, 0.2) is 53.4 Å². The van der Waals surface area contributed by atoms with Gasteiger partial charge in [-0.15, -0.1) is 0 Å². The number of hydrogen-bond acceptors (Lipinski definition) is 5. The second-order valence-corrected chi connectivity index (χ2v) is 7.89. The fourth-order valence-corrected chi connectivity index (χ4v) is 3.53. The fourth-order valence-electron chi connectivity index (χ4n) is 2.32. The Morgan fingerprint density at radius 2 is 1.82 bits per heavy atom. The fraction of sp³-hybridized carbons (Fsp3) is 0.118. The maximum Gasteiger partial charge on any atom is 0.261 e. The minimum absolute atomic E-state index is 0.0252. The molecule has 3 aromatic rings. The molecule has 0 aliphatic carbocycles. The number of aromatic amines is 1. The van der Waals surface area contributed by atoms with Crippen LogP contribution in [-0.4, -0.2) is 29.1 Å². The van der Waals surface area contributed by atoms with E-state index in [1.165, 1.54) is 36.4 Å². The summed E-state index contributed by atoms with van der Waals surface area (Å²) in [4.78, 5) is 12.2. The van der Waals surface area contributed by atoms with Crippen LogP contribution in [0.1, 0.15) is 16.2 Å². The normalized spacial score (nSPS) is 11.2. The summed E-state index contributed by atoms with van der Waals surface area (Å²) in [5.41, 5.74) is 0.522. The van der Waals surface area contributed by atoms with Gasteiger partial charge in [-0.25, -0.2) is 12.8 Å². The van der Waals surface area contributed by atoms with Crippen LogP contribution in [0.3, 0.4) is 0 Å². The van der Waals surface area contributed by atoms with Gasteiger partial charge in [-0.3, -0.25) is 14.6 Å². The van der Waals surface area contributed by atoms with E-state index < -0.39 is 15.8 Å². The molecule has 0 aliphatic rings. The highest BCUT2D eigenvalue weighted by molar-refractivity contribution is 7.92. The number of carbonyl (C=O) groups is 1. The number of nitrogens with zero attached hydrogens (tertiary/aromatic N) is 2. The summed E-state index contributed by atoms with van der Waals surface area (Å²) in [5.74, 6) is -0.295. The van der Waals surface area contributed by atoms with Crippen molar-refractivity contribution in [3.63, 3.8) is 0 Å². The third-order valence-corrected chi connectivity index (χ3v) is 5.67. The molecule has 2 aromatic carbocycles. The average molecular weight is 421 g/mol. The first-order valence-corrected chi connectivity index (χ1v) is 9.92. The SMILES string of the molecule is Cn1c(CNC(=O)c2ccc(S(=O)(=O)Nc3ccc(F)cc3)cc2)n[nH]c1=S. The number of aromatic nitrogens is 3. The molecule has 3 N–H and O–H groups in total. The molecule has 0 fully saturated rings. The maximum absolute atomic E-state index is 12.9. The molecule has 146 valence electrons. The van der Waals surface area contributed by atoms with Crippen LogP contribution in [0.2, 0.25) is 0 Å². The number of halogens is 1. The first-order chi connectivity index (χ1) is 13.3. The lowest BCUT2D eigenvalue weighted by Crippen LogP contribution is -2.24. The molecule has 0 saturated carbocycles. The Hall–Kier alpha value is -3.05. The van der Waals surface area contributed by atoms with E-state index >= 15 is 0 Å². The van der Waals surface area contributed by atoms with Gasteiger partial charge in [0.25, 0.3) is 15.9 Å². The van der Waals surface area contributed by atoms with E-state index in [0.717, 1.165) is 12.1 Å². The van der Waals surface area contributed by atoms with Crippen molar-refractivity contribution < 1.29 is 17.6 Å². The number of benzene rings is 2. The monoisotopic (exact) mass is 421 g/mol. The summed E-state index contributed by atoms with van der Waals surface area (Å²) in [6, 6.07) is 10.4. The molecule has 28 heavy (non-hydrogen) atoms. The molecule has 11 heteroatoms. The van der Waals surface area contributed by atoms with Crippen molar-refractivity contribution in [3.05, 3.63) is 70.5 Å². The summed E-state index contributed by atoms with van der Waals surface area (Å²) in [7, 11) is -2.14. The van der Waals surface area contributed by atoms with E-state index in [1.807, 2.05) is 0 Å². The Kier molecular flexibility index (Phi) is 5.56. The zero-order chi connectivity index (χ0) is 20.3. The number of hydrogen-bond donors (Lipinski definition) is 3. The quantitative estimate of drug-likeness (QED) is 0.530. The zero-order valence-electron chi connectivity index (χ0n) is 14.6. The molecule has 0 spiro atoms. The highest BCUT2D eigenvalue weighted by Crippen LogP contribution is 2.17. The van der Waals surface area contributed by atoms with Crippen LogP contribution < -0.4 is 10.0 Å². The van der Waals surface area contributed by atoms with E-state index in [2.05, 4.69) is 20.2 Å². The number of anilines is 1. The Labute approximate surface area is 165 Å². The molecule has 3 rings (SSSR count). The minimum Gasteiger partial charge on any atom is -0.345 e. The van der Waals surface area contributed by atoms with Crippen LogP contribution in [0, 0.1) is 10.6 Å². The van der Waals surface area contributed by atoms with Gasteiger partial charge in [0.05, 0.1) is 11.4 Å². The van der Waals surface area contributed by atoms with E-state index in [0.29, 0.717) is 10.6 Å². The second-order valence-electron chi connectivity index (χ2n) is 5.82.